The molecule has 0 aliphatic carbocycles. The molecular weight excluding hydrogens is 328 g/mol. The fraction of sp³-hybridized carbons (Fsp3) is 0.538. The highest BCUT2D eigenvalue weighted by Crippen LogP contribution is 2.20. The summed E-state index contributed by atoms with van der Waals surface area (Å²) in [6, 6.07) is 8.18. The molecule has 1 fully saturated rings. The van der Waals surface area contributed by atoms with Crippen LogP contribution in [0, 0.1) is 0 Å². The van der Waals surface area contributed by atoms with E-state index in [1.807, 2.05) is 25.1 Å². The predicted octanol–water partition coefficient (Wildman–Crippen LogP) is 1.91. The molecule has 0 amide bonds. The molecule has 0 spiro atoms. The van der Waals surface area contributed by atoms with Crippen molar-refractivity contribution in [3.8, 4) is 0 Å². The molecule has 2 rings (SSSR count). The lowest BCUT2D eigenvalue weighted by molar-refractivity contribution is 0.138. The van der Waals surface area contributed by atoms with E-state index >= 15 is 0 Å². The van der Waals surface area contributed by atoms with Crippen LogP contribution in [-0.4, -0.2) is 49.6 Å². The molecule has 1 aromatic carbocycles. The Morgan fingerprint density at radius 1 is 1.32 bits per heavy atom. The van der Waals surface area contributed by atoms with Gasteiger partial charge in [0.05, 0.1) is 6.26 Å². The molecule has 1 atom stereocenters. The van der Waals surface area contributed by atoms with E-state index in [0.29, 0.717) is 6.54 Å². The molecule has 0 saturated carbocycles. The largest absolute Gasteiger partial charge is 0.296 e. The normalized spacial score (nSPS) is 22.6. The first-order chi connectivity index (χ1) is 8.88. The van der Waals surface area contributed by atoms with Gasteiger partial charge >= 0.3 is 0 Å². The van der Waals surface area contributed by atoms with Crippen LogP contribution in [-0.2, 0) is 16.6 Å². The molecule has 1 saturated heterocycles. The zero-order valence-electron chi connectivity index (χ0n) is 11.2. The summed E-state index contributed by atoms with van der Waals surface area (Å²) in [7, 11) is -3.08. The van der Waals surface area contributed by atoms with Gasteiger partial charge in [-0.2, -0.15) is 4.31 Å². The van der Waals surface area contributed by atoms with Crippen LogP contribution in [0.5, 0.6) is 0 Å². The van der Waals surface area contributed by atoms with Crippen molar-refractivity contribution in [1.82, 2.24) is 9.21 Å². The average molecular weight is 347 g/mol. The Bertz CT molecular complexity index is 547. The first-order valence-electron chi connectivity index (χ1n) is 6.30. The SMILES string of the molecule is CC1CN(Cc2ccccc2Br)CCN1S(C)(=O)=O. The van der Waals surface area contributed by atoms with E-state index in [1.165, 1.54) is 11.8 Å². The Balaban J connectivity index is 2.02. The lowest BCUT2D eigenvalue weighted by Crippen LogP contribution is -2.53. The Morgan fingerprint density at radius 3 is 2.58 bits per heavy atom. The Hall–Kier alpha value is -0.430. The molecule has 1 unspecified atom stereocenters. The number of sulfonamides is 1. The van der Waals surface area contributed by atoms with Gasteiger partial charge in [-0.25, -0.2) is 8.42 Å². The molecule has 0 aromatic heterocycles. The maximum absolute atomic E-state index is 11.6. The molecule has 0 radical (unpaired) electrons. The van der Waals surface area contributed by atoms with Gasteiger partial charge in [0.2, 0.25) is 10.0 Å². The fourth-order valence-electron chi connectivity index (χ4n) is 2.52. The van der Waals surface area contributed by atoms with E-state index in [1.54, 1.807) is 4.31 Å². The summed E-state index contributed by atoms with van der Waals surface area (Å²) in [6.07, 6.45) is 1.28. The smallest absolute Gasteiger partial charge is 0.211 e. The number of hydrogen-bond acceptors (Lipinski definition) is 3. The molecular formula is C13H19BrN2O2S. The third-order valence-corrected chi connectivity index (χ3v) is 5.60. The Kier molecular flexibility index (Phi) is 4.66. The van der Waals surface area contributed by atoms with Gasteiger partial charge in [0.15, 0.2) is 0 Å². The van der Waals surface area contributed by atoms with Gasteiger partial charge in [-0.3, -0.25) is 4.90 Å². The third-order valence-electron chi connectivity index (χ3n) is 3.43. The van der Waals surface area contributed by atoms with E-state index in [-0.39, 0.29) is 6.04 Å². The Morgan fingerprint density at radius 2 is 2.00 bits per heavy atom. The summed E-state index contributed by atoms with van der Waals surface area (Å²) in [5.74, 6) is 0. The minimum atomic E-state index is -3.08. The maximum Gasteiger partial charge on any atom is 0.211 e. The number of piperazine rings is 1. The minimum Gasteiger partial charge on any atom is -0.296 e. The van der Waals surface area contributed by atoms with Crippen molar-refractivity contribution >= 4 is 26.0 Å². The lowest BCUT2D eigenvalue weighted by atomic mass is 10.1. The molecule has 4 nitrogen and oxygen atoms in total. The highest BCUT2D eigenvalue weighted by molar-refractivity contribution is 9.10. The van der Waals surface area contributed by atoms with Crippen LogP contribution < -0.4 is 0 Å². The van der Waals surface area contributed by atoms with Gasteiger partial charge in [-0.1, -0.05) is 34.1 Å². The van der Waals surface area contributed by atoms with Gasteiger partial charge < -0.3 is 0 Å². The van der Waals surface area contributed by atoms with E-state index in [0.717, 1.165) is 24.1 Å². The molecule has 1 aromatic rings. The topological polar surface area (TPSA) is 40.6 Å². The first kappa shape index (κ1) is 15.0. The van der Waals surface area contributed by atoms with Crippen molar-refractivity contribution in [1.29, 1.82) is 0 Å². The van der Waals surface area contributed by atoms with Crippen molar-refractivity contribution in [2.24, 2.45) is 0 Å². The van der Waals surface area contributed by atoms with Crippen molar-refractivity contribution in [3.63, 3.8) is 0 Å². The van der Waals surface area contributed by atoms with Gasteiger partial charge in [-0.05, 0) is 18.6 Å². The van der Waals surface area contributed by atoms with Gasteiger partial charge in [0.1, 0.15) is 0 Å². The van der Waals surface area contributed by atoms with Crippen LogP contribution in [0.2, 0.25) is 0 Å². The van der Waals surface area contributed by atoms with E-state index in [4.69, 9.17) is 0 Å². The van der Waals surface area contributed by atoms with Crippen molar-refractivity contribution < 1.29 is 8.42 Å². The van der Waals surface area contributed by atoms with Crippen LogP contribution >= 0.6 is 15.9 Å². The van der Waals surface area contributed by atoms with Gasteiger partial charge in [0.25, 0.3) is 0 Å². The predicted molar refractivity (Wildman–Crippen MR) is 80.4 cm³/mol. The molecule has 0 bridgehead atoms. The van der Waals surface area contributed by atoms with Gasteiger partial charge in [0, 0.05) is 36.7 Å². The van der Waals surface area contributed by atoms with Crippen LogP contribution in [0.1, 0.15) is 12.5 Å². The Labute approximate surface area is 123 Å². The fourth-order valence-corrected chi connectivity index (χ4v) is 4.06. The third kappa shape index (κ3) is 3.78. The molecule has 1 aliphatic rings. The quantitative estimate of drug-likeness (QED) is 0.839. The first-order valence-corrected chi connectivity index (χ1v) is 8.94. The second-order valence-corrected chi connectivity index (χ2v) is 7.84. The molecule has 0 N–H and O–H groups in total. The standard InChI is InChI=1S/C13H19BrN2O2S/c1-11-9-15(7-8-16(11)19(2,17)18)10-12-5-3-4-6-13(12)14/h3-6,11H,7-10H2,1-2H3. The molecule has 19 heavy (non-hydrogen) atoms. The second kappa shape index (κ2) is 5.91. The highest BCUT2D eigenvalue weighted by Gasteiger charge is 2.29. The van der Waals surface area contributed by atoms with Crippen LogP contribution in [0.3, 0.4) is 0 Å². The maximum atomic E-state index is 11.6. The molecule has 1 aliphatic heterocycles. The van der Waals surface area contributed by atoms with E-state index in [2.05, 4.69) is 26.9 Å². The number of benzene rings is 1. The number of nitrogens with zero attached hydrogens (tertiary/aromatic N) is 2. The van der Waals surface area contributed by atoms with E-state index < -0.39 is 10.0 Å². The summed E-state index contributed by atoms with van der Waals surface area (Å²) >= 11 is 3.55. The van der Waals surface area contributed by atoms with Crippen molar-refractivity contribution in [3.05, 3.63) is 34.3 Å². The van der Waals surface area contributed by atoms with Crippen LogP contribution in [0.15, 0.2) is 28.7 Å². The number of halogens is 1. The monoisotopic (exact) mass is 346 g/mol. The highest BCUT2D eigenvalue weighted by atomic mass is 79.9. The summed E-state index contributed by atoms with van der Waals surface area (Å²) < 4.78 is 25.9. The van der Waals surface area contributed by atoms with Crippen LogP contribution in [0.25, 0.3) is 0 Å². The van der Waals surface area contributed by atoms with E-state index in [9.17, 15) is 8.42 Å². The zero-order chi connectivity index (χ0) is 14.0. The summed E-state index contributed by atoms with van der Waals surface area (Å²) in [4.78, 5) is 2.30. The van der Waals surface area contributed by atoms with Gasteiger partial charge in [-0.15, -0.1) is 0 Å². The minimum absolute atomic E-state index is 0.0336. The number of rotatable bonds is 3. The molecule has 106 valence electrons. The summed E-state index contributed by atoms with van der Waals surface area (Å²) in [6.45, 7) is 4.94. The lowest BCUT2D eigenvalue weighted by Gasteiger charge is -2.38. The van der Waals surface area contributed by atoms with Crippen molar-refractivity contribution in [2.45, 2.75) is 19.5 Å². The molecule has 1 heterocycles. The molecule has 6 heteroatoms. The zero-order valence-corrected chi connectivity index (χ0v) is 13.6. The second-order valence-electron chi connectivity index (χ2n) is 5.05. The summed E-state index contributed by atoms with van der Waals surface area (Å²) in [5.41, 5.74) is 1.24. The number of hydrogen-bond donors (Lipinski definition) is 0. The average Bonchev–Trinajstić information content (AvgIpc) is 2.30. The summed E-state index contributed by atoms with van der Waals surface area (Å²) in [5, 5.41) is 0. The van der Waals surface area contributed by atoms with Crippen molar-refractivity contribution in [2.75, 3.05) is 25.9 Å². The van der Waals surface area contributed by atoms with Crippen LogP contribution in [0.4, 0.5) is 0 Å².